The van der Waals surface area contributed by atoms with E-state index in [4.69, 9.17) is 25.0 Å². The topological polar surface area (TPSA) is 132 Å². The van der Waals surface area contributed by atoms with E-state index in [1.165, 1.54) is 29.9 Å². The van der Waals surface area contributed by atoms with Gasteiger partial charge in [-0.15, -0.1) is 0 Å². The van der Waals surface area contributed by atoms with Crippen molar-refractivity contribution in [3.63, 3.8) is 0 Å². The number of carboxylic acid groups (broad SMARTS) is 2. The Morgan fingerprint density at radius 1 is 0.778 bits per heavy atom. The normalized spacial score (nSPS) is 19.5. The molecular weight excluding hydrogens is 718 g/mol. The maximum absolute atomic E-state index is 11.6. The van der Waals surface area contributed by atoms with Crippen LogP contribution in [0.5, 0.6) is 11.5 Å². The molecule has 0 bridgehead atoms. The zero-order valence-electron chi connectivity index (χ0n) is 34.4. The Morgan fingerprint density at radius 3 is 1.83 bits per heavy atom. The minimum atomic E-state index is -1.83. The largest absolute Gasteiger partial charge is 0.507 e. The van der Waals surface area contributed by atoms with Gasteiger partial charge in [-0.3, -0.25) is 24.4 Å². The van der Waals surface area contributed by atoms with E-state index in [1.807, 2.05) is 12.4 Å². The summed E-state index contributed by atoms with van der Waals surface area (Å²) in [6.07, 6.45) is 9.18. The van der Waals surface area contributed by atoms with Crippen LogP contribution in [0.15, 0.2) is 34.3 Å². The molecule has 4 N–H and O–H groups in total. The maximum atomic E-state index is 11.6. The summed E-state index contributed by atoms with van der Waals surface area (Å²) in [4.78, 5) is 23.8. The van der Waals surface area contributed by atoms with Crippen LogP contribution < -0.4 is 0 Å². The minimum Gasteiger partial charge on any atom is -0.507 e. The molecule has 2 heterocycles. The number of carbonyl (C=O) groups is 1. The van der Waals surface area contributed by atoms with E-state index in [-0.39, 0.29) is 45.7 Å². The molecule has 0 aromatic heterocycles. The van der Waals surface area contributed by atoms with Crippen LogP contribution in [-0.4, -0.2) is 111 Å². The summed E-state index contributed by atoms with van der Waals surface area (Å²) < 4.78 is 2.42. The van der Waals surface area contributed by atoms with Crippen molar-refractivity contribution in [3.8, 4) is 11.5 Å². The van der Waals surface area contributed by atoms with Gasteiger partial charge in [0.15, 0.2) is 0 Å². The molecule has 0 radical (unpaired) electrons. The van der Waals surface area contributed by atoms with Crippen LogP contribution in [0.4, 0.5) is 4.79 Å². The first-order valence-electron chi connectivity index (χ1n) is 19.5. The van der Waals surface area contributed by atoms with E-state index < -0.39 is 6.16 Å². The maximum Gasteiger partial charge on any atom is 0.503 e. The number of aromatic hydroxyl groups is 2. The third kappa shape index (κ3) is 11.7. The molecule has 2 aromatic rings. The average molecular weight is 785 g/mol. The summed E-state index contributed by atoms with van der Waals surface area (Å²) in [6, 6.07) is 8.65. The van der Waals surface area contributed by atoms with Crippen molar-refractivity contribution in [1.29, 1.82) is 0 Å². The number of aliphatic imine (C=N–C) groups is 2. The standard InChI is InChI=1S/C42H63N5O2.CH2O3.Cr/c1-40(2,3)32-23-29(15-12-19-46-21-14-22-47-20-13-18-45(10)39(46)47)37(48)30(24-32)27-43-35-16-11-17-36(35)44-28-31-25-33(41(4,5)6)26-34(38(31)49)42(7,8)9;2-1(3)4;/h23-28,35-36H,11-22H2,1-10H3,(H-,43,44,48,49);(H2,2,3,4);/p+1. The number of guanidine groups is 1. The van der Waals surface area contributed by atoms with Gasteiger partial charge in [-0.25, -0.2) is 4.79 Å². The molecule has 11 heteroatoms. The summed E-state index contributed by atoms with van der Waals surface area (Å²) in [7, 11) is 2.22. The van der Waals surface area contributed by atoms with Crippen molar-refractivity contribution in [2.45, 2.75) is 136 Å². The minimum absolute atomic E-state index is 0. The second kappa shape index (κ2) is 18.4. The average Bonchev–Trinajstić information content (AvgIpc) is 3.50. The van der Waals surface area contributed by atoms with Gasteiger partial charge in [0.25, 0.3) is 0 Å². The molecule has 2 unspecified atom stereocenters. The van der Waals surface area contributed by atoms with Gasteiger partial charge in [0.1, 0.15) is 11.5 Å². The third-order valence-electron chi connectivity index (χ3n) is 10.7. The molecule has 2 atom stereocenters. The Hall–Kier alpha value is -3.55. The molecular formula is C43H66CrN5O5+. The van der Waals surface area contributed by atoms with Gasteiger partial charge in [-0.1, -0.05) is 74.4 Å². The van der Waals surface area contributed by atoms with Crippen LogP contribution in [0.1, 0.15) is 134 Å². The summed E-state index contributed by atoms with van der Waals surface area (Å²) >= 11 is 0. The van der Waals surface area contributed by atoms with Gasteiger partial charge < -0.3 is 20.4 Å². The van der Waals surface area contributed by atoms with Crippen LogP contribution >= 0.6 is 0 Å². The first kappa shape index (κ1) is 44.8. The SMILES string of the molecule is C[N+]1=C2N(CCCc3cc(C(C)(C)C)cc(C=NC4CCCC4N=Cc4cc(C(C)(C)C)cc(C(C)(C)C)c4O)c3O)CCCN2CCC1.O=C(O)O.[Cr]. The number of rotatable bonds is 8. The molecule has 1 saturated heterocycles. The van der Waals surface area contributed by atoms with Gasteiger partial charge in [0.2, 0.25) is 0 Å². The quantitative estimate of drug-likeness (QED) is 0.158. The smallest absolute Gasteiger partial charge is 0.503 e. The van der Waals surface area contributed by atoms with Crippen molar-refractivity contribution in [2.24, 2.45) is 9.98 Å². The molecule has 0 spiro atoms. The summed E-state index contributed by atoms with van der Waals surface area (Å²) in [5.41, 5.74) is 5.67. The number of hydrogen-bond acceptors (Lipinski definition) is 7. The molecule has 2 fully saturated rings. The van der Waals surface area contributed by atoms with E-state index >= 15 is 0 Å². The Kier molecular flexibility index (Phi) is 15.3. The number of benzene rings is 2. The molecule has 5 rings (SSSR count). The Bertz CT molecular complexity index is 1700. The van der Waals surface area contributed by atoms with Gasteiger partial charge >= 0.3 is 12.1 Å². The fraction of sp³-hybridized carbons (Fsp3) is 0.628. The first-order valence-corrected chi connectivity index (χ1v) is 19.5. The predicted molar refractivity (Wildman–Crippen MR) is 216 cm³/mol. The van der Waals surface area contributed by atoms with Gasteiger partial charge in [-0.2, -0.15) is 0 Å². The number of nitrogens with zero attached hydrogens (tertiary/aromatic N) is 5. The van der Waals surface area contributed by atoms with Crippen LogP contribution in [0.3, 0.4) is 0 Å². The second-order valence-corrected chi connectivity index (χ2v) is 18.2. The Labute approximate surface area is 334 Å². The second-order valence-electron chi connectivity index (χ2n) is 18.2. The number of fused-ring (bicyclic) bond motifs is 1. The Morgan fingerprint density at radius 2 is 1.30 bits per heavy atom. The zero-order chi connectivity index (χ0) is 39.3. The van der Waals surface area contributed by atoms with Gasteiger partial charge in [0.05, 0.1) is 51.9 Å². The third-order valence-corrected chi connectivity index (χ3v) is 10.7. The molecule has 1 aliphatic carbocycles. The van der Waals surface area contributed by atoms with Crippen molar-refractivity contribution in [1.82, 2.24) is 9.80 Å². The monoisotopic (exact) mass is 784 g/mol. The fourth-order valence-corrected chi connectivity index (χ4v) is 7.64. The summed E-state index contributed by atoms with van der Waals surface area (Å²) in [6.45, 7) is 25.3. The summed E-state index contributed by atoms with van der Waals surface area (Å²) in [5, 5.41) is 36.8. The number of hydrogen-bond donors (Lipinski definition) is 4. The van der Waals surface area contributed by atoms with Crippen LogP contribution in [-0.2, 0) is 40.0 Å². The molecule has 3 aliphatic rings. The van der Waals surface area contributed by atoms with Crippen LogP contribution in [0.25, 0.3) is 0 Å². The van der Waals surface area contributed by atoms with Crippen molar-refractivity contribution in [3.05, 3.63) is 57.6 Å². The van der Waals surface area contributed by atoms with E-state index in [9.17, 15) is 10.2 Å². The van der Waals surface area contributed by atoms with Crippen molar-refractivity contribution >= 4 is 24.5 Å². The van der Waals surface area contributed by atoms with Crippen molar-refractivity contribution in [2.75, 3.05) is 39.8 Å². The molecule has 298 valence electrons. The first-order chi connectivity index (χ1) is 24.7. The zero-order valence-corrected chi connectivity index (χ0v) is 35.7. The van der Waals surface area contributed by atoms with Crippen LogP contribution in [0, 0.1) is 0 Å². The molecule has 1 saturated carbocycles. The van der Waals surface area contributed by atoms with Crippen LogP contribution in [0.2, 0.25) is 0 Å². The van der Waals surface area contributed by atoms with E-state index in [2.05, 4.69) is 108 Å². The Balaban J connectivity index is 0.00000149. The predicted octanol–water partition coefficient (Wildman–Crippen LogP) is 8.01. The molecule has 0 amide bonds. The van der Waals surface area contributed by atoms with Gasteiger partial charge in [-0.05, 0) is 77.2 Å². The van der Waals surface area contributed by atoms with E-state index in [1.54, 1.807) is 0 Å². The molecule has 10 nitrogen and oxygen atoms in total. The molecule has 2 aromatic carbocycles. The van der Waals surface area contributed by atoms with Crippen molar-refractivity contribution < 1.29 is 47.2 Å². The fourth-order valence-electron chi connectivity index (χ4n) is 7.64. The van der Waals surface area contributed by atoms with Gasteiger partial charge in [0, 0.05) is 59.3 Å². The van der Waals surface area contributed by atoms with E-state index in [0.717, 1.165) is 87.1 Å². The summed E-state index contributed by atoms with van der Waals surface area (Å²) in [5.74, 6) is 2.07. The van der Waals surface area contributed by atoms with E-state index in [0.29, 0.717) is 11.5 Å². The molecule has 54 heavy (non-hydrogen) atoms. The number of aryl methyl sites for hydroxylation is 1. The number of phenolic OH excluding ortho intramolecular Hbond substituents is 2. The molecule has 2 aliphatic heterocycles. The number of phenols is 2.